The van der Waals surface area contributed by atoms with Crippen molar-refractivity contribution >= 4 is 39.2 Å². The number of thiophene rings is 1. The van der Waals surface area contributed by atoms with Gasteiger partial charge in [-0.3, -0.25) is 14.2 Å². The average molecular weight is 522 g/mol. The number of methoxy groups -OCH3 is 1. The first kappa shape index (κ1) is 24.4. The summed E-state index contributed by atoms with van der Waals surface area (Å²) in [7, 11) is 1.61. The lowest BCUT2D eigenvalue weighted by atomic mass is 10.2. The molecule has 0 aliphatic heterocycles. The summed E-state index contributed by atoms with van der Waals surface area (Å²) in [5, 5.41) is 4.16. The van der Waals surface area contributed by atoms with Gasteiger partial charge >= 0.3 is 0 Å². The third-order valence-electron chi connectivity index (χ3n) is 6.11. The molecule has 0 spiro atoms. The Labute approximate surface area is 217 Å². The molecule has 1 aliphatic rings. The number of nitrogens with zero attached hydrogens (tertiary/aromatic N) is 2. The number of para-hydroxylation sites is 1. The van der Waals surface area contributed by atoms with E-state index in [2.05, 4.69) is 5.32 Å². The number of hydrogen-bond acceptors (Lipinski definition) is 7. The SMILES string of the molecule is CCOc1ccc(-n2c(SCC(=O)NCc3ccccc3OC)nc3sc4c(c3c2=O)CCC4)cc1. The van der Waals surface area contributed by atoms with Gasteiger partial charge in [-0.05, 0) is 62.1 Å². The van der Waals surface area contributed by atoms with Crippen molar-refractivity contribution in [3.05, 3.63) is 74.9 Å². The number of thioether (sulfide) groups is 1. The normalized spacial score (nSPS) is 12.5. The predicted molar refractivity (Wildman–Crippen MR) is 144 cm³/mol. The molecule has 2 aromatic heterocycles. The zero-order valence-corrected chi connectivity index (χ0v) is 21.8. The molecule has 36 heavy (non-hydrogen) atoms. The molecule has 4 aromatic rings. The van der Waals surface area contributed by atoms with Crippen molar-refractivity contribution in [1.82, 2.24) is 14.9 Å². The third-order valence-corrected chi connectivity index (χ3v) is 8.24. The van der Waals surface area contributed by atoms with Gasteiger partial charge in [-0.2, -0.15) is 0 Å². The molecule has 0 saturated carbocycles. The van der Waals surface area contributed by atoms with Gasteiger partial charge in [0, 0.05) is 17.0 Å². The Hall–Kier alpha value is -3.30. The Kier molecular flexibility index (Phi) is 7.29. The first-order valence-electron chi connectivity index (χ1n) is 11.9. The number of ether oxygens (including phenoxy) is 2. The molecule has 5 rings (SSSR count). The van der Waals surface area contributed by atoms with E-state index in [0.29, 0.717) is 29.4 Å². The van der Waals surface area contributed by atoms with Crippen LogP contribution in [0.15, 0.2) is 58.5 Å². The highest BCUT2D eigenvalue weighted by atomic mass is 32.2. The lowest BCUT2D eigenvalue weighted by molar-refractivity contribution is -0.118. The molecule has 0 fully saturated rings. The van der Waals surface area contributed by atoms with Gasteiger partial charge in [-0.1, -0.05) is 30.0 Å². The summed E-state index contributed by atoms with van der Waals surface area (Å²) in [6.07, 6.45) is 2.97. The van der Waals surface area contributed by atoms with E-state index in [1.807, 2.05) is 55.5 Å². The standard InChI is InChI=1S/C27H27N3O4S2/c1-3-34-19-13-11-18(12-14-19)30-26(32)24-20-8-6-10-22(20)36-25(24)29-27(30)35-16-23(31)28-15-17-7-4-5-9-21(17)33-2/h4-5,7,9,11-14H,3,6,8,10,15-16H2,1-2H3,(H,28,31). The van der Waals surface area contributed by atoms with Crippen LogP contribution in [0, 0.1) is 0 Å². The largest absolute Gasteiger partial charge is 0.496 e. The highest BCUT2D eigenvalue weighted by molar-refractivity contribution is 7.99. The van der Waals surface area contributed by atoms with Gasteiger partial charge in [0.1, 0.15) is 16.3 Å². The van der Waals surface area contributed by atoms with Crippen molar-refractivity contribution in [1.29, 1.82) is 0 Å². The molecule has 0 saturated heterocycles. The van der Waals surface area contributed by atoms with Crippen molar-refractivity contribution in [3.63, 3.8) is 0 Å². The van der Waals surface area contributed by atoms with Gasteiger partial charge in [-0.25, -0.2) is 4.98 Å². The Morgan fingerprint density at radius 3 is 2.75 bits per heavy atom. The van der Waals surface area contributed by atoms with Crippen molar-refractivity contribution in [2.45, 2.75) is 37.9 Å². The molecule has 2 aromatic carbocycles. The molecule has 9 heteroatoms. The summed E-state index contributed by atoms with van der Waals surface area (Å²) < 4.78 is 12.6. The Morgan fingerprint density at radius 1 is 1.17 bits per heavy atom. The van der Waals surface area contributed by atoms with Crippen LogP contribution in [0.3, 0.4) is 0 Å². The Balaban J connectivity index is 1.43. The fourth-order valence-electron chi connectivity index (χ4n) is 4.43. The van der Waals surface area contributed by atoms with E-state index in [1.54, 1.807) is 23.0 Å². The first-order chi connectivity index (χ1) is 17.6. The van der Waals surface area contributed by atoms with E-state index in [0.717, 1.165) is 46.7 Å². The van der Waals surface area contributed by atoms with Crippen molar-refractivity contribution < 1.29 is 14.3 Å². The summed E-state index contributed by atoms with van der Waals surface area (Å²) >= 11 is 2.86. The number of carbonyl (C=O) groups is 1. The van der Waals surface area contributed by atoms with Gasteiger partial charge in [0.15, 0.2) is 5.16 Å². The zero-order chi connectivity index (χ0) is 25.1. The number of rotatable bonds is 9. The average Bonchev–Trinajstić information content (AvgIpc) is 3.48. The van der Waals surface area contributed by atoms with Crippen LogP contribution in [-0.2, 0) is 24.2 Å². The van der Waals surface area contributed by atoms with E-state index in [1.165, 1.54) is 16.6 Å². The molecule has 0 unspecified atom stereocenters. The monoisotopic (exact) mass is 521 g/mol. The number of aryl methyl sites for hydroxylation is 2. The van der Waals surface area contributed by atoms with Crippen molar-refractivity contribution in [3.8, 4) is 17.2 Å². The number of hydrogen-bond donors (Lipinski definition) is 1. The molecule has 7 nitrogen and oxygen atoms in total. The molecule has 0 bridgehead atoms. The van der Waals surface area contributed by atoms with Crippen LogP contribution < -0.4 is 20.3 Å². The second-order valence-corrected chi connectivity index (χ2v) is 10.4. The third kappa shape index (κ3) is 4.85. The zero-order valence-electron chi connectivity index (χ0n) is 20.2. The first-order valence-corrected chi connectivity index (χ1v) is 13.7. The molecular formula is C27H27N3O4S2. The number of carbonyl (C=O) groups excluding carboxylic acids is 1. The van der Waals surface area contributed by atoms with Crippen LogP contribution in [0.1, 0.15) is 29.3 Å². The quantitative estimate of drug-likeness (QED) is 0.253. The van der Waals surface area contributed by atoms with Crippen LogP contribution in [0.2, 0.25) is 0 Å². The summed E-state index contributed by atoms with van der Waals surface area (Å²) in [6.45, 7) is 2.86. The second kappa shape index (κ2) is 10.8. The second-order valence-electron chi connectivity index (χ2n) is 8.38. The van der Waals surface area contributed by atoms with Crippen LogP contribution in [-0.4, -0.2) is 34.9 Å². The smallest absolute Gasteiger partial charge is 0.267 e. The van der Waals surface area contributed by atoms with Crippen LogP contribution in [0.5, 0.6) is 11.5 Å². The molecule has 0 atom stereocenters. The lowest BCUT2D eigenvalue weighted by Crippen LogP contribution is -2.26. The minimum atomic E-state index is -0.146. The number of amides is 1. The van der Waals surface area contributed by atoms with Crippen LogP contribution in [0.25, 0.3) is 15.9 Å². The van der Waals surface area contributed by atoms with E-state index >= 15 is 0 Å². The van der Waals surface area contributed by atoms with Gasteiger partial charge in [0.05, 0.1) is 30.5 Å². The van der Waals surface area contributed by atoms with Crippen molar-refractivity contribution in [2.24, 2.45) is 0 Å². The van der Waals surface area contributed by atoms with Crippen molar-refractivity contribution in [2.75, 3.05) is 19.5 Å². The molecule has 1 N–H and O–H groups in total. The number of benzene rings is 2. The Morgan fingerprint density at radius 2 is 1.97 bits per heavy atom. The topological polar surface area (TPSA) is 82.4 Å². The van der Waals surface area contributed by atoms with Gasteiger partial charge < -0.3 is 14.8 Å². The molecular weight excluding hydrogens is 494 g/mol. The van der Waals surface area contributed by atoms with Gasteiger partial charge in [0.25, 0.3) is 5.56 Å². The van der Waals surface area contributed by atoms with Gasteiger partial charge in [0.2, 0.25) is 5.91 Å². The molecule has 1 aliphatic carbocycles. The summed E-state index contributed by atoms with van der Waals surface area (Å²) in [6, 6.07) is 15.0. The van der Waals surface area contributed by atoms with Gasteiger partial charge in [-0.15, -0.1) is 11.3 Å². The van der Waals surface area contributed by atoms with E-state index in [4.69, 9.17) is 14.5 Å². The molecule has 186 valence electrons. The Bertz CT molecular complexity index is 1460. The summed E-state index contributed by atoms with van der Waals surface area (Å²) in [5.41, 5.74) is 2.66. The number of nitrogens with one attached hydrogen (secondary N) is 1. The van der Waals surface area contributed by atoms with Crippen LogP contribution >= 0.6 is 23.1 Å². The van der Waals surface area contributed by atoms with Crippen LogP contribution in [0.4, 0.5) is 0 Å². The fraction of sp³-hybridized carbons (Fsp3) is 0.296. The maximum Gasteiger partial charge on any atom is 0.267 e. The number of aromatic nitrogens is 2. The summed E-state index contributed by atoms with van der Waals surface area (Å²) in [4.78, 5) is 33.4. The molecule has 0 radical (unpaired) electrons. The maximum atomic E-state index is 13.8. The predicted octanol–water partition coefficient (Wildman–Crippen LogP) is 4.75. The number of fused-ring (bicyclic) bond motifs is 3. The molecule has 2 heterocycles. The van der Waals surface area contributed by atoms with E-state index in [-0.39, 0.29) is 17.2 Å². The van der Waals surface area contributed by atoms with E-state index in [9.17, 15) is 9.59 Å². The highest BCUT2D eigenvalue weighted by Gasteiger charge is 2.24. The fourth-order valence-corrected chi connectivity index (χ4v) is 6.58. The summed E-state index contributed by atoms with van der Waals surface area (Å²) in [5.74, 6) is 1.46. The molecule has 1 amide bonds. The van der Waals surface area contributed by atoms with E-state index < -0.39 is 0 Å². The highest BCUT2D eigenvalue weighted by Crippen LogP contribution is 2.36. The maximum absolute atomic E-state index is 13.8. The minimum Gasteiger partial charge on any atom is -0.496 e. The lowest BCUT2D eigenvalue weighted by Gasteiger charge is -2.13. The minimum absolute atomic E-state index is 0.0829.